The number of ether oxygens (including phenoxy) is 1. The minimum absolute atomic E-state index is 0.695. The molecule has 0 fully saturated rings. The van der Waals surface area contributed by atoms with E-state index in [1.165, 1.54) is 11.8 Å². The van der Waals surface area contributed by atoms with Crippen molar-refractivity contribution < 1.29 is 4.74 Å². The van der Waals surface area contributed by atoms with Crippen molar-refractivity contribution in [1.82, 2.24) is 4.98 Å². The maximum absolute atomic E-state index is 5.94. The minimum Gasteiger partial charge on any atom is -0.496 e. The van der Waals surface area contributed by atoms with Crippen LogP contribution in [0.15, 0.2) is 46.5 Å². The van der Waals surface area contributed by atoms with Gasteiger partial charge < -0.3 is 10.5 Å². The van der Waals surface area contributed by atoms with Crippen LogP contribution < -0.4 is 10.5 Å². The molecule has 3 nitrogen and oxygen atoms in total. The smallest absolute Gasteiger partial charge is 0.132 e. The fraction of sp³-hybridized carbons (Fsp3) is 0.154. The Hall–Kier alpha value is -1.68. The molecule has 2 N–H and O–H groups in total. The van der Waals surface area contributed by atoms with Gasteiger partial charge in [-0.3, -0.25) is 0 Å². The molecule has 1 aromatic heterocycles. The summed E-state index contributed by atoms with van der Waals surface area (Å²) in [4.78, 5) is 5.34. The molecule has 4 heteroatoms. The van der Waals surface area contributed by atoms with E-state index in [1.54, 1.807) is 7.11 Å². The first-order valence-electron chi connectivity index (χ1n) is 5.23. The number of aromatic nitrogens is 1. The summed E-state index contributed by atoms with van der Waals surface area (Å²) in [5.41, 5.74) is 7.69. The fourth-order valence-corrected chi connectivity index (χ4v) is 2.36. The molecule has 0 aliphatic rings. The number of nitrogen functional groups attached to an aromatic ring is 1. The number of aryl methyl sites for hydroxylation is 1. The molecule has 88 valence electrons. The highest BCUT2D eigenvalue weighted by Crippen LogP contribution is 2.36. The van der Waals surface area contributed by atoms with Crippen molar-refractivity contribution in [3.05, 3.63) is 42.1 Å². The van der Waals surface area contributed by atoms with Crippen LogP contribution in [0, 0.1) is 6.92 Å². The third kappa shape index (κ3) is 2.71. The Morgan fingerprint density at radius 2 is 2.06 bits per heavy atom. The summed E-state index contributed by atoms with van der Waals surface area (Å²) in [7, 11) is 1.66. The van der Waals surface area contributed by atoms with Gasteiger partial charge in [0.25, 0.3) is 0 Å². The zero-order chi connectivity index (χ0) is 12.3. The van der Waals surface area contributed by atoms with Crippen molar-refractivity contribution in [2.45, 2.75) is 16.8 Å². The molecule has 0 saturated heterocycles. The van der Waals surface area contributed by atoms with Crippen LogP contribution in [0.3, 0.4) is 0 Å². The lowest BCUT2D eigenvalue weighted by Crippen LogP contribution is -1.93. The zero-order valence-electron chi connectivity index (χ0n) is 9.81. The Balaban J connectivity index is 2.31. The van der Waals surface area contributed by atoms with Crippen LogP contribution in [0.2, 0.25) is 0 Å². The van der Waals surface area contributed by atoms with Gasteiger partial charge >= 0.3 is 0 Å². The topological polar surface area (TPSA) is 48.1 Å². The van der Waals surface area contributed by atoms with Crippen molar-refractivity contribution in [2.24, 2.45) is 0 Å². The zero-order valence-corrected chi connectivity index (χ0v) is 10.6. The summed E-state index contributed by atoms with van der Waals surface area (Å²) in [5.74, 6) is 0.833. The number of anilines is 1. The van der Waals surface area contributed by atoms with E-state index in [0.29, 0.717) is 5.69 Å². The number of benzene rings is 1. The Morgan fingerprint density at radius 1 is 1.29 bits per heavy atom. The van der Waals surface area contributed by atoms with Gasteiger partial charge in [0, 0.05) is 6.20 Å². The summed E-state index contributed by atoms with van der Waals surface area (Å²) < 4.78 is 5.29. The predicted molar refractivity (Wildman–Crippen MR) is 70.5 cm³/mol. The van der Waals surface area contributed by atoms with Gasteiger partial charge in [-0.25, -0.2) is 4.98 Å². The molecular formula is C13H14N2OS. The van der Waals surface area contributed by atoms with Gasteiger partial charge in [0.2, 0.25) is 0 Å². The van der Waals surface area contributed by atoms with Gasteiger partial charge in [0.15, 0.2) is 0 Å². The number of nitrogens with zero attached hydrogens (tertiary/aromatic N) is 1. The number of nitrogens with two attached hydrogens (primary N) is 1. The number of rotatable bonds is 3. The Bertz CT molecular complexity index is 529. The largest absolute Gasteiger partial charge is 0.496 e. The first-order valence-corrected chi connectivity index (χ1v) is 6.05. The third-order valence-electron chi connectivity index (χ3n) is 2.29. The van der Waals surface area contributed by atoms with E-state index in [2.05, 4.69) is 4.98 Å². The second-order valence-electron chi connectivity index (χ2n) is 3.66. The first kappa shape index (κ1) is 11.8. The van der Waals surface area contributed by atoms with Crippen LogP contribution >= 0.6 is 11.8 Å². The van der Waals surface area contributed by atoms with Crippen LogP contribution in [0.25, 0.3) is 0 Å². The molecule has 17 heavy (non-hydrogen) atoms. The molecule has 0 unspecified atom stereocenters. The van der Waals surface area contributed by atoms with Crippen LogP contribution in [0.4, 0.5) is 5.69 Å². The van der Waals surface area contributed by atoms with E-state index in [4.69, 9.17) is 10.5 Å². The second-order valence-corrected chi connectivity index (χ2v) is 4.69. The molecule has 1 heterocycles. The maximum atomic E-state index is 5.94. The molecule has 0 atom stereocenters. The monoisotopic (exact) mass is 246 g/mol. The van der Waals surface area contributed by atoms with Gasteiger partial charge in [0.05, 0.1) is 17.7 Å². The highest BCUT2D eigenvalue weighted by molar-refractivity contribution is 7.99. The number of hydrogen-bond donors (Lipinski definition) is 1. The number of methoxy groups -OCH3 is 1. The molecule has 0 saturated carbocycles. The molecule has 0 spiro atoms. The molecule has 0 amide bonds. The normalized spacial score (nSPS) is 10.2. The van der Waals surface area contributed by atoms with Crippen LogP contribution in [0.5, 0.6) is 5.75 Å². The van der Waals surface area contributed by atoms with Crippen molar-refractivity contribution in [3.63, 3.8) is 0 Å². The summed E-state index contributed by atoms with van der Waals surface area (Å²) in [6, 6.07) is 9.74. The van der Waals surface area contributed by atoms with E-state index in [0.717, 1.165) is 21.2 Å². The Morgan fingerprint density at radius 3 is 2.76 bits per heavy atom. The van der Waals surface area contributed by atoms with Gasteiger partial charge in [-0.15, -0.1) is 0 Å². The first-order chi connectivity index (χ1) is 8.20. The van der Waals surface area contributed by atoms with Gasteiger partial charge in [-0.05, 0) is 30.7 Å². The number of pyridine rings is 1. The fourth-order valence-electron chi connectivity index (χ4n) is 1.47. The molecular weight excluding hydrogens is 232 g/mol. The lowest BCUT2D eigenvalue weighted by Gasteiger charge is -2.08. The lowest BCUT2D eigenvalue weighted by molar-refractivity contribution is 0.405. The second kappa shape index (κ2) is 5.10. The third-order valence-corrected chi connectivity index (χ3v) is 3.38. The van der Waals surface area contributed by atoms with Gasteiger partial charge in [-0.2, -0.15) is 0 Å². The van der Waals surface area contributed by atoms with Crippen molar-refractivity contribution in [1.29, 1.82) is 0 Å². The average molecular weight is 246 g/mol. The van der Waals surface area contributed by atoms with Crippen LogP contribution in [0.1, 0.15) is 5.56 Å². The van der Waals surface area contributed by atoms with Gasteiger partial charge in [0.1, 0.15) is 10.8 Å². The molecule has 2 aromatic rings. The van der Waals surface area contributed by atoms with E-state index in [-0.39, 0.29) is 0 Å². The van der Waals surface area contributed by atoms with Crippen LogP contribution in [-0.4, -0.2) is 12.1 Å². The average Bonchev–Trinajstić information content (AvgIpc) is 2.33. The maximum Gasteiger partial charge on any atom is 0.132 e. The van der Waals surface area contributed by atoms with E-state index in [9.17, 15) is 0 Å². The quantitative estimate of drug-likeness (QED) is 0.904. The molecule has 2 rings (SSSR count). The van der Waals surface area contributed by atoms with Gasteiger partial charge in [-0.1, -0.05) is 23.9 Å². The van der Waals surface area contributed by atoms with E-state index < -0.39 is 0 Å². The number of para-hydroxylation sites is 1. The summed E-state index contributed by atoms with van der Waals surface area (Å²) in [6.07, 6.45) is 1.81. The van der Waals surface area contributed by atoms with E-state index in [1.807, 2.05) is 43.5 Å². The molecule has 0 aliphatic heterocycles. The Kier molecular flexibility index (Phi) is 3.54. The highest BCUT2D eigenvalue weighted by atomic mass is 32.2. The molecule has 1 aromatic carbocycles. The SMILES string of the molecule is COc1ccccc1Sc1ncc(C)cc1N. The minimum atomic E-state index is 0.695. The van der Waals surface area contributed by atoms with Crippen molar-refractivity contribution >= 4 is 17.4 Å². The van der Waals surface area contributed by atoms with Crippen molar-refractivity contribution in [3.8, 4) is 5.75 Å². The molecule has 0 aliphatic carbocycles. The molecule has 0 radical (unpaired) electrons. The highest BCUT2D eigenvalue weighted by Gasteiger charge is 2.07. The van der Waals surface area contributed by atoms with Crippen molar-refractivity contribution in [2.75, 3.05) is 12.8 Å². The standard InChI is InChI=1S/C13H14N2OS/c1-9-7-10(14)13(15-8-9)17-12-6-4-3-5-11(12)16-2/h3-8H,14H2,1-2H3. The summed E-state index contributed by atoms with van der Waals surface area (Å²) in [6.45, 7) is 1.97. The predicted octanol–water partition coefficient (Wildman–Crippen LogP) is 3.13. The number of hydrogen-bond acceptors (Lipinski definition) is 4. The summed E-state index contributed by atoms with van der Waals surface area (Å²) in [5, 5.41) is 0.806. The van der Waals surface area contributed by atoms with E-state index >= 15 is 0 Å². The lowest BCUT2D eigenvalue weighted by atomic mass is 10.3. The summed E-state index contributed by atoms with van der Waals surface area (Å²) >= 11 is 1.51. The van der Waals surface area contributed by atoms with Crippen LogP contribution in [-0.2, 0) is 0 Å². The molecule has 0 bridgehead atoms. The Labute approximate surface area is 105 Å².